The Labute approximate surface area is 150 Å². The minimum Gasteiger partial charge on any atom is -0.449 e. The van der Waals surface area contributed by atoms with Gasteiger partial charge in [-0.1, -0.05) is 5.16 Å². The number of carbonyl (C=O) groups excluding carboxylic acids is 2. The molecular weight excluding hydrogens is 340 g/mol. The number of amides is 1. The third-order valence-electron chi connectivity index (χ3n) is 3.85. The van der Waals surface area contributed by atoms with Gasteiger partial charge in [0.25, 0.3) is 5.91 Å². The maximum atomic E-state index is 12.2. The summed E-state index contributed by atoms with van der Waals surface area (Å²) >= 11 is 0. The SMILES string of the molecule is Cc1cc(NC(=O)[C@@H](C)OC(=O)c2ccc(N3CCOCC3)nc2)no1. The quantitative estimate of drug-likeness (QED) is 0.798. The van der Waals surface area contributed by atoms with E-state index in [0.29, 0.717) is 19.0 Å². The predicted octanol–water partition coefficient (Wildman–Crippen LogP) is 1.40. The maximum absolute atomic E-state index is 12.2. The molecule has 1 atom stereocenters. The first-order valence-corrected chi connectivity index (χ1v) is 8.27. The van der Waals surface area contributed by atoms with E-state index in [2.05, 4.69) is 20.4 Å². The average molecular weight is 360 g/mol. The Bertz CT molecular complexity index is 768. The molecule has 26 heavy (non-hydrogen) atoms. The minimum atomic E-state index is -0.988. The lowest BCUT2D eigenvalue weighted by molar-refractivity contribution is -0.123. The maximum Gasteiger partial charge on any atom is 0.340 e. The molecule has 1 fully saturated rings. The second kappa shape index (κ2) is 7.96. The summed E-state index contributed by atoms with van der Waals surface area (Å²) in [5.74, 6) is 0.495. The zero-order chi connectivity index (χ0) is 18.5. The lowest BCUT2D eigenvalue weighted by atomic mass is 10.2. The lowest BCUT2D eigenvalue weighted by Crippen LogP contribution is -2.36. The summed E-state index contributed by atoms with van der Waals surface area (Å²) in [5, 5.41) is 6.17. The number of nitrogens with one attached hydrogen (secondary N) is 1. The fraction of sp³-hybridized carbons (Fsp3) is 0.412. The van der Waals surface area contributed by atoms with Crippen molar-refractivity contribution in [3.8, 4) is 0 Å². The van der Waals surface area contributed by atoms with E-state index >= 15 is 0 Å². The van der Waals surface area contributed by atoms with Gasteiger partial charge in [-0.05, 0) is 26.0 Å². The second-order valence-electron chi connectivity index (χ2n) is 5.86. The summed E-state index contributed by atoms with van der Waals surface area (Å²) in [6, 6.07) is 4.96. The molecule has 0 aromatic carbocycles. The molecule has 3 heterocycles. The highest BCUT2D eigenvalue weighted by molar-refractivity contribution is 5.96. The zero-order valence-electron chi connectivity index (χ0n) is 14.6. The first-order chi connectivity index (χ1) is 12.5. The monoisotopic (exact) mass is 360 g/mol. The van der Waals surface area contributed by atoms with Crippen LogP contribution < -0.4 is 10.2 Å². The molecule has 0 spiro atoms. The van der Waals surface area contributed by atoms with Gasteiger partial charge < -0.3 is 24.2 Å². The third-order valence-corrected chi connectivity index (χ3v) is 3.85. The van der Waals surface area contributed by atoms with Crippen LogP contribution in [0.25, 0.3) is 0 Å². The van der Waals surface area contributed by atoms with Gasteiger partial charge in [0.2, 0.25) is 0 Å². The third kappa shape index (κ3) is 4.37. The van der Waals surface area contributed by atoms with Crippen molar-refractivity contribution in [1.29, 1.82) is 0 Å². The van der Waals surface area contributed by atoms with E-state index in [0.717, 1.165) is 18.9 Å². The summed E-state index contributed by atoms with van der Waals surface area (Å²) in [6.07, 6.45) is 0.456. The summed E-state index contributed by atoms with van der Waals surface area (Å²) in [4.78, 5) is 30.6. The van der Waals surface area contributed by atoms with Crippen molar-refractivity contribution in [2.75, 3.05) is 36.5 Å². The molecule has 2 aromatic heterocycles. The molecule has 0 aliphatic carbocycles. The van der Waals surface area contributed by atoms with E-state index < -0.39 is 18.0 Å². The van der Waals surface area contributed by atoms with Crippen molar-refractivity contribution in [3.63, 3.8) is 0 Å². The standard InChI is InChI=1S/C17H20N4O5/c1-11-9-14(20-26-11)19-16(22)12(2)25-17(23)13-3-4-15(18-10-13)21-5-7-24-8-6-21/h3-4,9-10,12H,5-8H2,1-2H3,(H,19,20,22)/t12-/m1/s1. The van der Waals surface area contributed by atoms with E-state index in [1.165, 1.54) is 13.1 Å². The van der Waals surface area contributed by atoms with Crippen LogP contribution in [0.5, 0.6) is 0 Å². The van der Waals surface area contributed by atoms with Crippen LogP contribution in [0, 0.1) is 6.92 Å². The van der Waals surface area contributed by atoms with Crippen LogP contribution in [-0.2, 0) is 14.3 Å². The Morgan fingerprint density at radius 1 is 1.31 bits per heavy atom. The summed E-state index contributed by atoms with van der Waals surface area (Å²) in [6.45, 7) is 6.02. The summed E-state index contributed by atoms with van der Waals surface area (Å²) < 4.78 is 15.3. The second-order valence-corrected chi connectivity index (χ2v) is 5.86. The molecule has 9 heteroatoms. The smallest absolute Gasteiger partial charge is 0.340 e. The number of ether oxygens (including phenoxy) is 2. The van der Waals surface area contributed by atoms with Gasteiger partial charge in [0.15, 0.2) is 11.9 Å². The van der Waals surface area contributed by atoms with Crippen molar-refractivity contribution in [2.45, 2.75) is 20.0 Å². The first-order valence-electron chi connectivity index (χ1n) is 8.27. The first kappa shape index (κ1) is 17.9. The molecule has 0 unspecified atom stereocenters. The normalized spacial score (nSPS) is 15.4. The van der Waals surface area contributed by atoms with Crippen molar-refractivity contribution < 1.29 is 23.6 Å². The van der Waals surface area contributed by atoms with Crippen molar-refractivity contribution in [3.05, 3.63) is 35.7 Å². The topological polar surface area (TPSA) is 107 Å². The highest BCUT2D eigenvalue weighted by Gasteiger charge is 2.21. The molecule has 1 N–H and O–H groups in total. The Kier molecular flexibility index (Phi) is 5.47. The fourth-order valence-electron chi connectivity index (χ4n) is 2.42. The molecule has 0 bridgehead atoms. The number of pyridine rings is 1. The number of carbonyl (C=O) groups is 2. The average Bonchev–Trinajstić information content (AvgIpc) is 3.07. The van der Waals surface area contributed by atoms with Crippen LogP contribution in [-0.4, -0.2) is 54.4 Å². The Morgan fingerprint density at radius 2 is 2.08 bits per heavy atom. The van der Waals surface area contributed by atoms with Gasteiger partial charge in [-0.15, -0.1) is 0 Å². The zero-order valence-corrected chi connectivity index (χ0v) is 14.6. The molecule has 1 amide bonds. The molecule has 9 nitrogen and oxygen atoms in total. The van der Waals surface area contributed by atoms with Gasteiger partial charge in [0.05, 0.1) is 18.8 Å². The molecule has 1 saturated heterocycles. The molecule has 1 aliphatic rings. The largest absolute Gasteiger partial charge is 0.449 e. The number of aromatic nitrogens is 2. The lowest BCUT2D eigenvalue weighted by Gasteiger charge is -2.27. The van der Waals surface area contributed by atoms with Gasteiger partial charge in [-0.3, -0.25) is 4.79 Å². The molecule has 1 aliphatic heterocycles. The van der Waals surface area contributed by atoms with E-state index in [9.17, 15) is 9.59 Å². The predicted molar refractivity (Wildman–Crippen MR) is 92.0 cm³/mol. The molecule has 138 valence electrons. The number of aryl methyl sites for hydroxylation is 1. The van der Waals surface area contributed by atoms with Gasteiger partial charge in [-0.25, -0.2) is 9.78 Å². The summed E-state index contributed by atoms with van der Waals surface area (Å²) in [5.41, 5.74) is 0.277. The van der Waals surface area contributed by atoms with E-state index in [-0.39, 0.29) is 11.4 Å². The van der Waals surface area contributed by atoms with Crippen LogP contribution in [0.3, 0.4) is 0 Å². The van der Waals surface area contributed by atoms with Crippen LogP contribution in [0.2, 0.25) is 0 Å². The Hall–Kier alpha value is -2.94. The fourth-order valence-corrected chi connectivity index (χ4v) is 2.42. The molecule has 0 saturated carbocycles. The number of hydrogen-bond donors (Lipinski definition) is 1. The minimum absolute atomic E-state index is 0.270. The number of nitrogens with zero attached hydrogens (tertiary/aromatic N) is 3. The van der Waals surface area contributed by atoms with Gasteiger partial charge in [-0.2, -0.15) is 0 Å². The van der Waals surface area contributed by atoms with Gasteiger partial charge >= 0.3 is 5.97 Å². The highest BCUT2D eigenvalue weighted by Crippen LogP contribution is 2.14. The number of morpholine rings is 1. The van der Waals surface area contributed by atoms with Gasteiger partial charge in [0.1, 0.15) is 11.6 Å². The van der Waals surface area contributed by atoms with Crippen LogP contribution in [0.1, 0.15) is 23.0 Å². The number of rotatable bonds is 5. The summed E-state index contributed by atoms with van der Waals surface area (Å²) in [7, 11) is 0. The van der Waals surface area contributed by atoms with E-state index in [1.54, 1.807) is 25.1 Å². The molecule has 0 radical (unpaired) electrons. The van der Waals surface area contributed by atoms with Crippen molar-refractivity contribution in [2.24, 2.45) is 0 Å². The molecule has 2 aromatic rings. The van der Waals surface area contributed by atoms with Gasteiger partial charge in [0, 0.05) is 25.4 Å². The van der Waals surface area contributed by atoms with Crippen LogP contribution in [0.15, 0.2) is 28.9 Å². The van der Waals surface area contributed by atoms with Crippen LogP contribution in [0.4, 0.5) is 11.6 Å². The number of anilines is 2. The number of hydrogen-bond acceptors (Lipinski definition) is 8. The number of esters is 1. The molecule has 3 rings (SSSR count). The van der Waals surface area contributed by atoms with E-state index in [4.69, 9.17) is 14.0 Å². The van der Waals surface area contributed by atoms with Crippen LogP contribution >= 0.6 is 0 Å². The molecular formula is C17H20N4O5. The highest BCUT2D eigenvalue weighted by atomic mass is 16.5. The Balaban J connectivity index is 1.55. The Morgan fingerprint density at radius 3 is 2.69 bits per heavy atom. The van der Waals surface area contributed by atoms with Crippen molar-refractivity contribution >= 4 is 23.5 Å². The van der Waals surface area contributed by atoms with E-state index in [1.807, 2.05) is 0 Å². The van der Waals surface area contributed by atoms with Crippen molar-refractivity contribution in [1.82, 2.24) is 10.1 Å².